The van der Waals surface area contributed by atoms with Crippen molar-refractivity contribution in [2.75, 3.05) is 6.61 Å². The van der Waals surface area contributed by atoms with Gasteiger partial charge >= 0.3 is 0 Å². The molecule has 0 aromatic heterocycles. The summed E-state index contributed by atoms with van der Waals surface area (Å²) in [5.41, 5.74) is 0. The van der Waals surface area contributed by atoms with Gasteiger partial charge in [0, 0.05) is 12.6 Å². The molecule has 0 saturated heterocycles. The second kappa shape index (κ2) is 5.34. The van der Waals surface area contributed by atoms with E-state index in [4.69, 9.17) is 5.11 Å². The van der Waals surface area contributed by atoms with Crippen LogP contribution in [-0.4, -0.2) is 26.2 Å². The van der Waals surface area contributed by atoms with Crippen molar-refractivity contribution in [1.29, 1.82) is 0 Å². The average Bonchev–Trinajstić information content (AvgIpc) is 2.76. The van der Waals surface area contributed by atoms with Crippen LogP contribution in [0.3, 0.4) is 0 Å². The Bertz CT molecular complexity index is 518. The Morgan fingerprint density at radius 3 is 2.72 bits per heavy atom. The summed E-state index contributed by atoms with van der Waals surface area (Å²) in [7, 11) is -3.85. The SMILES string of the molecule is O=S(=O)(NC1CCCC1CO)c1ccccc1F. The van der Waals surface area contributed by atoms with Gasteiger partial charge in [0.15, 0.2) is 0 Å². The molecule has 0 heterocycles. The minimum Gasteiger partial charge on any atom is -0.396 e. The molecule has 1 saturated carbocycles. The van der Waals surface area contributed by atoms with Crippen LogP contribution in [0.2, 0.25) is 0 Å². The molecule has 0 aliphatic heterocycles. The van der Waals surface area contributed by atoms with Gasteiger partial charge in [0.25, 0.3) is 0 Å². The lowest BCUT2D eigenvalue weighted by Crippen LogP contribution is -2.38. The zero-order valence-electron chi connectivity index (χ0n) is 9.84. The number of sulfonamides is 1. The van der Waals surface area contributed by atoms with E-state index >= 15 is 0 Å². The molecule has 2 N–H and O–H groups in total. The maximum atomic E-state index is 13.5. The number of nitrogens with one attached hydrogen (secondary N) is 1. The normalized spacial score (nSPS) is 24.3. The fourth-order valence-electron chi connectivity index (χ4n) is 2.34. The number of hydrogen-bond acceptors (Lipinski definition) is 3. The Morgan fingerprint density at radius 1 is 1.33 bits per heavy atom. The summed E-state index contributed by atoms with van der Waals surface area (Å²) in [5.74, 6) is -0.838. The van der Waals surface area contributed by atoms with Crippen LogP contribution in [0.25, 0.3) is 0 Å². The van der Waals surface area contributed by atoms with Gasteiger partial charge in [-0.1, -0.05) is 18.6 Å². The van der Waals surface area contributed by atoms with Crippen LogP contribution < -0.4 is 4.72 Å². The maximum Gasteiger partial charge on any atom is 0.243 e. The van der Waals surface area contributed by atoms with Crippen LogP contribution in [0.15, 0.2) is 29.2 Å². The topological polar surface area (TPSA) is 66.4 Å². The summed E-state index contributed by atoms with van der Waals surface area (Å²) < 4.78 is 40.0. The van der Waals surface area contributed by atoms with Gasteiger partial charge in [-0.25, -0.2) is 17.5 Å². The van der Waals surface area contributed by atoms with Gasteiger partial charge in [-0.05, 0) is 30.9 Å². The third-order valence-electron chi connectivity index (χ3n) is 3.33. The number of aliphatic hydroxyl groups excluding tert-OH is 1. The maximum absolute atomic E-state index is 13.5. The minimum atomic E-state index is -3.85. The minimum absolute atomic E-state index is 0.0511. The smallest absolute Gasteiger partial charge is 0.243 e. The standard InChI is InChI=1S/C12H16FNO3S/c13-10-5-1-2-7-12(10)18(16,17)14-11-6-3-4-9(11)8-15/h1-2,5,7,9,11,14-15H,3-4,6,8H2. The van der Waals surface area contributed by atoms with Crippen LogP contribution in [0, 0.1) is 11.7 Å². The van der Waals surface area contributed by atoms with Crippen LogP contribution >= 0.6 is 0 Å². The molecule has 100 valence electrons. The highest BCUT2D eigenvalue weighted by Gasteiger charge is 2.31. The van der Waals surface area contributed by atoms with Gasteiger partial charge in [-0.2, -0.15) is 0 Å². The Kier molecular flexibility index (Phi) is 3.99. The fourth-order valence-corrected chi connectivity index (χ4v) is 3.75. The number of hydrogen-bond donors (Lipinski definition) is 2. The van der Waals surface area contributed by atoms with Crippen molar-refractivity contribution < 1.29 is 17.9 Å². The quantitative estimate of drug-likeness (QED) is 0.868. The molecule has 18 heavy (non-hydrogen) atoms. The van der Waals surface area contributed by atoms with E-state index in [1.54, 1.807) is 0 Å². The number of rotatable bonds is 4. The predicted octanol–water partition coefficient (Wildman–Crippen LogP) is 1.26. The first-order chi connectivity index (χ1) is 8.54. The van der Waals surface area contributed by atoms with Crippen LogP contribution in [0.4, 0.5) is 4.39 Å². The number of aliphatic hydroxyl groups is 1. The van der Waals surface area contributed by atoms with Crippen molar-refractivity contribution in [3.8, 4) is 0 Å². The second-order valence-electron chi connectivity index (χ2n) is 4.53. The van der Waals surface area contributed by atoms with E-state index in [0.29, 0.717) is 6.42 Å². The first-order valence-corrected chi connectivity index (χ1v) is 7.40. The first-order valence-electron chi connectivity index (χ1n) is 5.92. The van der Waals surface area contributed by atoms with Crippen molar-refractivity contribution in [3.63, 3.8) is 0 Å². The van der Waals surface area contributed by atoms with Gasteiger partial charge in [0.2, 0.25) is 10.0 Å². The Hall–Kier alpha value is -0.980. The Labute approximate surface area is 106 Å². The molecule has 2 unspecified atom stereocenters. The van der Waals surface area contributed by atoms with E-state index in [9.17, 15) is 12.8 Å². The molecule has 2 atom stereocenters. The number of benzene rings is 1. The van der Waals surface area contributed by atoms with E-state index in [0.717, 1.165) is 18.9 Å². The van der Waals surface area contributed by atoms with Gasteiger partial charge in [0.1, 0.15) is 10.7 Å². The molecule has 0 radical (unpaired) electrons. The summed E-state index contributed by atoms with van der Waals surface area (Å²) in [4.78, 5) is -0.339. The molecular formula is C12H16FNO3S. The summed E-state index contributed by atoms with van der Waals surface area (Å²) in [6.45, 7) is -0.0511. The van der Waals surface area contributed by atoms with Crippen molar-refractivity contribution in [2.45, 2.75) is 30.2 Å². The number of halogens is 1. The fraction of sp³-hybridized carbons (Fsp3) is 0.500. The summed E-state index contributed by atoms with van der Waals surface area (Å²) >= 11 is 0. The molecule has 6 heteroatoms. The lowest BCUT2D eigenvalue weighted by atomic mass is 10.1. The molecule has 0 amide bonds. The van der Waals surface area contributed by atoms with E-state index < -0.39 is 15.8 Å². The van der Waals surface area contributed by atoms with E-state index in [1.165, 1.54) is 18.2 Å². The highest BCUT2D eigenvalue weighted by molar-refractivity contribution is 7.89. The van der Waals surface area contributed by atoms with E-state index in [2.05, 4.69) is 4.72 Å². The van der Waals surface area contributed by atoms with Crippen molar-refractivity contribution >= 4 is 10.0 Å². The highest BCUT2D eigenvalue weighted by Crippen LogP contribution is 2.27. The van der Waals surface area contributed by atoms with Gasteiger partial charge in [0.05, 0.1) is 0 Å². The van der Waals surface area contributed by atoms with Gasteiger partial charge in [-0.15, -0.1) is 0 Å². The third-order valence-corrected chi connectivity index (χ3v) is 4.85. The molecule has 1 aliphatic carbocycles. The second-order valence-corrected chi connectivity index (χ2v) is 6.21. The first kappa shape index (κ1) is 13.5. The zero-order valence-corrected chi connectivity index (χ0v) is 10.7. The molecular weight excluding hydrogens is 257 g/mol. The van der Waals surface area contributed by atoms with Gasteiger partial charge in [-0.3, -0.25) is 0 Å². The van der Waals surface area contributed by atoms with Crippen LogP contribution in [-0.2, 0) is 10.0 Å². The lowest BCUT2D eigenvalue weighted by Gasteiger charge is -2.19. The average molecular weight is 273 g/mol. The molecule has 0 bridgehead atoms. The van der Waals surface area contributed by atoms with E-state index in [1.807, 2.05) is 0 Å². The predicted molar refractivity (Wildman–Crippen MR) is 64.9 cm³/mol. The molecule has 0 spiro atoms. The molecule has 4 nitrogen and oxygen atoms in total. The molecule has 1 fully saturated rings. The molecule has 1 aliphatic rings. The van der Waals surface area contributed by atoms with Crippen molar-refractivity contribution in [1.82, 2.24) is 4.72 Å². The Balaban J connectivity index is 2.20. The van der Waals surface area contributed by atoms with Crippen LogP contribution in [0.1, 0.15) is 19.3 Å². The monoisotopic (exact) mass is 273 g/mol. The van der Waals surface area contributed by atoms with Crippen molar-refractivity contribution in [3.05, 3.63) is 30.1 Å². The summed E-state index contributed by atoms with van der Waals surface area (Å²) in [6.07, 6.45) is 2.34. The zero-order chi connectivity index (χ0) is 13.2. The lowest BCUT2D eigenvalue weighted by molar-refractivity contribution is 0.213. The summed E-state index contributed by atoms with van der Waals surface area (Å²) in [5, 5.41) is 9.15. The van der Waals surface area contributed by atoms with Gasteiger partial charge < -0.3 is 5.11 Å². The molecule has 2 rings (SSSR count). The molecule has 1 aromatic carbocycles. The largest absolute Gasteiger partial charge is 0.396 e. The molecule has 1 aromatic rings. The third kappa shape index (κ3) is 2.71. The van der Waals surface area contributed by atoms with E-state index in [-0.39, 0.29) is 23.5 Å². The Morgan fingerprint density at radius 2 is 2.06 bits per heavy atom. The van der Waals surface area contributed by atoms with Crippen LogP contribution in [0.5, 0.6) is 0 Å². The summed E-state index contributed by atoms with van der Waals surface area (Å²) in [6, 6.07) is 4.98. The highest BCUT2D eigenvalue weighted by atomic mass is 32.2. The van der Waals surface area contributed by atoms with Crippen molar-refractivity contribution in [2.24, 2.45) is 5.92 Å².